The monoisotopic (exact) mass is 253 g/mol. The zero-order chi connectivity index (χ0) is 13.0. The summed E-state index contributed by atoms with van der Waals surface area (Å²) in [5, 5.41) is 3.95. The Hall–Kier alpha value is -1.40. The summed E-state index contributed by atoms with van der Waals surface area (Å²) in [6.07, 6.45) is 1.45. The molecule has 6 nitrogen and oxygen atoms in total. The van der Waals surface area contributed by atoms with Gasteiger partial charge in [-0.25, -0.2) is 4.79 Å². The maximum absolute atomic E-state index is 11.9. The van der Waals surface area contributed by atoms with Gasteiger partial charge in [0.05, 0.1) is 13.2 Å². The van der Waals surface area contributed by atoms with Crippen molar-refractivity contribution in [3.63, 3.8) is 0 Å². The Morgan fingerprint density at radius 3 is 2.89 bits per heavy atom. The highest BCUT2D eigenvalue weighted by molar-refractivity contribution is 5.87. The summed E-state index contributed by atoms with van der Waals surface area (Å²) < 4.78 is 12.2. The molecule has 0 amide bonds. The number of aryl methyl sites for hydroxylation is 1. The van der Waals surface area contributed by atoms with Gasteiger partial charge in [-0.15, -0.1) is 0 Å². The van der Waals surface area contributed by atoms with E-state index in [1.54, 1.807) is 19.3 Å². The summed E-state index contributed by atoms with van der Waals surface area (Å²) in [6, 6.07) is 1.66. The maximum Gasteiger partial charge on any atom is 0.356 e. The smallest absolute Gasteiger partial charge is 0.356 e. The van der Waals surface area contributed by atoms with Crippen LogP contribution < -0.4 is 0 Å². The molecule has 1 aliphatic heterocycles. The third-order valence-corrected chi connectivity index (χ3v) is 2.96. The molecular formula is C12H19N3O3. The molecule has 1 aliphatic rings. The molecule has 2 rings (SSSR count). The SMILES string of the molecule is C[C@H](CN1CCOCC1)OC(=O)c1ccnn1C. The molecule has 0 saturated carbocycles. The zero-order valence-corrected chi connectivity index (χ0v) is 10.8. The number of ether oxygens (including phenoxy) is 2. The van der Waals surface area contributed by atoms with Crippen molar-refractivity contribution < 1.29 is 14.3 Å². The van der Waals surface area contributed by atoms with Gasteiger partial charge in [0.1, 0.15) is 11.8 Å². The van der Waals surface area contributed by atoms with Gasteiger partial charge in [-0.3, -0.25) is 9.58 Å². The first-order valence-electron chi connectivity index (χ1n) is 6.16. The fraction of sp³-hybridized carbons (Fsp3) is 0.667. The predicted molar refractivity (Wildman–Crippen MR) is 65.3 cm³/mol. The molecule has 1 fully saturated rings. The molecule has 1 saturated heterocycles. The van der Waals surface area contributed by atoms with Crippen LogP contribution in [0.2, 0.25) is 0 Å². The summed E-state index contributed by atoms with van der Waals surface area (Å²) in [5.41, 5.74) is 0.476. The van der Waals surface area contributed by atoms with E-state index in [9.17, 15) is 4.79 Å². The van der Waals surface area contributed by atoms with Crippen molar-refractivity contribution in [3.8, 4) is 0 Å². The van der Waals surface area contributed by atoms with Gasteiger partial charge >= 0.3 is 5.97 Å². The van der Waals surface area contributed by atoms with E-state index in [1.807, 2.05) is 6.92 Å². The van der Waals surface area contributed by atoms with Gasteiger partial charge in [0.25, 0.3) is 0 Å². The van der Waals surface area contributed by atoms with Crippen LogP contribution in [0.5, 0.6) is 0 Å². The molecule has 1 aromatic heterocycles. The number of nitrogens with zero attached hydrogens (tertiary/aromatic N) is 3. The van der Waals surface area contributed by atoms with Crippen LogP contribution in [0.1, 0.15) is 17.4 Å². The van der Waals surface area contributed by atoms with E-state index in [0.29, 0.717) is 5.69 Å². The molecule has 0 N–H and O–H groups in total. The number of carbonyl (C=O) groups excluding carboxylic acids is 1. The van der Waals surface area contributed by atoms with Crippen LogP contribution in [0.15, 0.2) is 12.3 Å². The molecule has 0 unspecified atom stereocenters. The highest BCUT2D eigenvalue weighted by atomic mass is 16.5. The quantitative estimate of drug-likeness (QED) is 0.722. The number of hydrogen-bond acceptors (Lipinski definition) is 5. The fourth-order valence-corrected chi connectivity index (χ4v) is 2.00. The predicted octanol–water partition coefficient (Wildman–Crippen LogP) is 0.298. The summed E-state index contributed by atoms with van der Waals surface area (Å²) in [6.45, 7) is 5.95. The van der Waals surface area contributed by atoms with Crippen LogP contribution >= 0.6 is 0 Å². The number of rotatable bonds is 4. The number of hydrogen-bond donors (Lipinski definition) is 0. The summed E-state index contributed by atoms with van der Waals surface area (Å²) >= 11 is 0. The number of morpholine rings is 1. The Balaban J connectivity index is 1.81. The van der Waals surface area contributed by atoms with Crippen molar-refractivity contribution in [2.45, 2.75) is 13.0 Å². The molecule has 0 radical (unpaired) electrons. The van der Waals surface area contributed by atoms with Crippen molar-refractivity contribution in [2.24, 2.45) is 7.05 Å². The molecule has 1 atom stereocenters. The van der Waals surface area contributed by atoms with Crippen LogP contribution in [-0.2, 0) is 16.5 Å². The van der Waals surface area contributed by atoms with E-state index in [4.69, 9.17) is 9.47 Å². The van der Waals surface area contributed by atoms with E-state index in [2.05, 4.69) is 10.00 Å². The van der Waals surface area contributed by atoms with Gasteiger partial charge in [-0.1, -0.05) is 0 Å². The van der Waals surface area contributed by atoms with Crippen LogP contribution in [0, 0.1) is 0 Å². The standard InChI is InChI=1S/C12H19N3O3/c1-10(9-15-5-7-17-8-6-15)18-12(16)11-3-4-13-14(11)2/h3-4,10H,5-9H2,1-2H3/t10-/m1/s1. The molecule has 18 heavy (non-hydrogen) atoms. The molecular weight excluding hydrogens is 234 g/mol. The normalized spacial score (nSPS) is 18.6. The van der Waals surface area contributed by atoms with E-state index in [1.165, 1.54) is 4.68 Å². The minimum absolute atomic E-state index is 0.134. The molecule has 2 heterocycles. The second-order valence-electron chi connectivity index (χ2n) is 4.47. The molecule has 1 aromatic rings. The number of carbonyl (C=O) groups is 1. The van der Waals surface area contributed by atoms with Gasteiger partial charge in [0.2, 0.25) is 0 Å². The second kappa shape index (κ2) is 5.97. The summed E-state index contributed by atoms with van der Waals surface area (Å²) in [7, 11) is 1.73. The Kier molecular flexibility index (Phi) is 4.33. The van der Waals surface area contributed by atoms with Gasteiger partial charge in [0, 0.05) is 32.9 Å². The Morgan fingerprint density at radius 1 is 1.56 bits per heavy atom. The lowest BCUT2D eigenvalue weighted by Crippen LogP contribution is -2.41. The lowest BCUT2D eigenvalue weighted by molar-refractivity contribution is -0.000144. The topological polar surface area (TPSA) is 56.6 Å². The largest absolute Gasteiger partial charge is 0.457 e. The van der Waals surface area contributed by atoms with E-state index in [-0.39, 0.29) is 12.1 Å². The van der Waals surface area contributed by atoms with Gasteiger partial charge in [-0.2, -0.15) is 5.10 Å². The highest BCUT2D eigenvalue weighted by Gasteiger charge is 2.18. The first kappa shape index (κ1) is 13.0. The zero-order valence-electron chi connectivity index (χ0n) is 10.8. The third-order valence-electron chi connectivity index (χ3n) is 2.96. The van der Waals surface area contributed by atoms with Gasteiger partial charge in [0.15, 0.2) is 0 Å². The number of aromatic nitrogens is 2. The van der Waals surface area contributed by atoms with Gasteiger partial charge in [-0.05, 0) is 13.0 Å². The molecule has 0 aliphatic carbocycles. The van der Waals surface area contributed by atoms with Crippen LogP contribution in [0.3, 0.4) is 0 Å². The highest BCUT2D eigenvalue weighted by Crippen LogP contribution is 2.05. The van der Waals surface area contributed by atoms with Gasteiger partial charge < -0.3 is 9.47 Å². The van der Waals surface area contributed by atoms with Crippen molar-refractivity contribution in [1.82, 2.24) is 14.7 Å². The summed E-state index contributed by atoms with van der Waals surface area (Å²) in [4.78, 5) is 14.1. The Bertz CT molecular complexity index is 399. The first-order valence-corrected chi connectivity index (χ1v) is 6.16. The average Bonchev–Trinajstić information content (AvgIpc) is 2.76. The molecule has 0 aromatic carbocycles. The first-order chi connectivity index (χ1) is 8.66. The minimum Gasteiger partial charge on any atom is -0.457 e. The lowest BCUT2D eigenvalue weighted by atomic mass is 10.3. The molecule has 0 bridgehead atoms. The molecule has 0 spiro atoms. The van der Waals surface area contributed by atoms with E-state index >= 15 is 0 Å². The Morgan fingerprint density at radius 2 is 2.28 bits per heavy atom. The second-order valence-corrected chi connectivity index (χ2v) is 4.47. The Labute approximate surface area is 106 Å². The fourth-order valence-electron chi connectivity index (χ4n) is 2.00. The third kappa shape index (κ3) is 3.30. The van der Waals surface area contributed by atoms with Crippen molar-refractivity contribution in [3.05, 3.63) is 18.0 Å². The van der Waals surface area contributed by atoms with Crippen LogP contribution in [-0.4, -0.2) is 59.6 Å². The lowest BCUT2D eigenvalue weighted by Gasteiger charge is -2.28. The summed E-state index contributed by atoms with van der Waals surface area (Å²) in [5.74, 6) is -0.323. The van der Waals surface area contributed by atoms with Crippen molar-refractivity contribution >= 4 is 5.97 Å². The van der Waals surface area contributed by atoms with Crippen molar-refractivity contribution in [2.75, 3.05) is 32.8 Å². The van der Waals surface area contributed by atoms with E-state index < -0.39 is 0 Å². The van der Waals surface area contributed by atoms with Crippen LogP contribution in [0.25, 0.3) is 0 Å². The molecule has 6 heteroatoms. The van der Waals surface area contributed by atoms with Crippen LogP contribution in [0.4, 0.5) is 0 Å². The number of esters is 1. The average molecular weight is 253 g/mol. The van der Waals surface area contributed by atoms with Crippen molar-refractivity contribution in [1.29, 1.82) is 0 Å². The van der Waals surface area contributed by atoms with E-state index in [0.717, 1.165) is 32.8 Å². The maximum atomic E-state index is 11.9. The minimum atomic E-state index is -0.323. The molecule has 100 valence electrons.